The van der Waals surface area contributed by atoms with Gasteiger partial charge in [0.1, 0.15) is 11.5 Å². The molecule has 0 amide bonds. The highest BCUT2D eigenvalue weighted by Crippen LogP contribution is 2.44. The molecule has 1 aliphatic rings. The quantitative estimate of drug-likeness (QED) is 0.856. The minimum absolute atomic E-state index is 0.0234. The highest BCUT2D eigenvalue weighted by Gasteiger charge is 2.43. The van der Waals surface area contributed by atoms with Crippen LogP contribution < -0.4 is 9.47 Å². The van der Waals surface area contributed by atoms with Crippen LogP contribution in [-0.2, 0) is 10.2 Å². The molecule has 2 rings (SSSR count). The Labute approximate surface area is 114 Å². The van der Waals surface area contributed by atoms with Crippen molar-refractivity contribution in [2.45, 2.75) is 25.2 Å². The molecule has 1 aromatic carbocycles. The van der Waals surface area contributed by atoms with Gasteiger partial charge in [-0.15, -0.1) is 0 Å². The van der Waals surface area contributed by atoms with Crippen LogP contribution in [0.5, 0.6) is 11.5 Å². The van der Waals surface area contributed by atoms with Crippen LogP contribution in [0, 0.1) is 6.92 Å². The summed E-state index contributed by atoms with van der Waals surface area (Å²) in [5.41, 5.74) is 2.32. The van der Waals surface area contributed by atoms with E-state index >= 15 is 0 Å². The summed E-state index contributed by atoms with van der Waals surface area (Å²) in [4.78, 5) is 0. The van der Waals surface area contributed by atoms with Crippen molar-refractivity contribution in [1.29, 1.82) is 0 Å². The average molecular weight is 266 g/mol. The summed E-state index contributed by atoms with van der Waals surface area (Å²) in [6.07, 6.45) is 1.69. The van der Waals surface area contributed by atoms with E-state index in [4.69, 9.17) is 19.3 Å². The third-order valence-electron chi connectivity index (χ3n) is 3.83. The van der Waals surface area contributed by atoms with E-state index in [1.54, 1.807) is 14.2 Å². The van der Waals surface area contributed by atoms with E-state index in [0.29, 0.717) is 13.2 Å². The van der Waals surface area contributed by atoms with Gasteiger partial charge >= 0.3 is 0 Å². The normalized spacial score (nSPS) is 16.8. The number of rotatable bonds is 6. The Bertz CT molecular complexity index is 438. The molecule has 0 aliphatic carbocycles. The summed E-state index contributed by atoms with van der Waals surface area (Å²) in [7, 11) is 3.33. The van der Waals surface area contributed by atoms with Gasteiger partial charge in [-0.25, -0.2) is 0 Å². The highest BCUT2D eigenvalue weighted by atomic mass is 16.5. The second-order valence-electron chi connectivity index (χ2n) is 5.12. The standard InChI is InChI=1S/C15H22O4/c1-11-7-12(17-2)8-13(18-3)14(11)15(5-4-6-16)9-19-10-15/h7-8,16H,4-6,9-10H2,1-3H3. The van der Waals surface area contributed by atoms with Crippen LogP contribution in [0.2, 0.25) is 0 Å². The molecule has 0 spiro atoms. The van der Waals surface area contributed by atoms with Crippen LogP contribution in [0.15, 0.2) is 12.1 Å². The van der Waals surface area contributed by atoms with Crippen LogP contribution in [0.4, 0.5) is 0 Å². The minimum atomic E-state index is -0.0234. The summed E-state index contributed by atoms with van der Waals surface area (Å²) in [5.74, 6) is 1.65. The lowest BCUT2D eigenvalue weighted by Crippen LogP contribution is -2.47. The molecule has 0 bridgehead atoms. The summed E-state index contributed by atoms with van der Waals surface area (Å²) >= 11 is 0. The Balaban J connectivity index is 2.41. The van der Waals surface area contributed by atoms with Gasteiger partial charge in [0, 0.05) is 23.7 Å². The maximum Gasteiger partial charge on any atom is 0.126 e. The smallest absolute Gasteiger partial charge is 0.126 e. The lowest BCUT2D eigenvalue weighted by atomic mass is 9.73. The van der Waals surface area contributed by atoms with Gasteiger partial charge in [-0.1, -0.05) is 0 Å². The van der Waals surface area contributed by atoms with Crippen molar-refractivity contribution >= 4 is 0 Å². The van der Waals surface area contributed by atoms with Gasteiger partial charge in [0.15, 0.2) is 0 Å². The highest BCUT2D eigenvalue weighted by molar-refractivity contribution is 5.51. The molecule has 1 N–H and O–H groups in total. The molecular weight excluding hydrogens is 244 g/mol. The predicted molar refractivity (Wildman–Crippen MR) is 73.1 cm³/mol. The molecule has 19 heavy (non-hydrogen) atoms. The Morgan fingerprint density at radius 1 is 1.26 bits per heavy atom. The number of hydrogen-bond donors (Lipinski definition) is 1. The molecule has 0 saturated carbocycles. The van der Waals surface area contributed by atoms with Crippen molar-refractivity contribution in [3.8, 4) is 11.5 Å². The summed E-state index contributed by atoms with van der Waals surface area (Å²) in [6, 6.07) is 3.94. The van der Waals surface area contributed by atoms with Crippen LogP contribution in [-0.4, -0.2) is 39.1 Å². The zero-order valence-electron chi connectivity index (χ0n) is 11.9. The van der Waals surface area contributed by atoms with Crippen LogP contribution in [0.3, 0.4) is 0 Å². The van der Waals surface area contributed by atoms with Gasteiger partial charge in [-0.3, -0.25) is 0 Å². The number of methoxy groups -OCH3 is 2. The molecule has 1 heterocycles. The van der Waals surface area contributed by atoms with Gasteiger partial charge in [-0.2, -0.15) is 0 Å². The summed E-state index contributed by atoms with van der Waals surface area (Å²) in [5, 5.41) is 9.08. The van der Waals surface area contributed by atoms with Gasteiger partial charge in [0.05, 0.1) is 27.4 Å². The van der Waals surface area contributed by atoms with Gasteiger partial charge in [-0.05, 0) is 31.4 Å². The molecule has 4 nitrogen and oxygen atoms in total. The minimum Gasteiger partial charge on any atom is -0.497 e. The number of hydrogen-bond acceptors (Lipinski definition) is 4. The van der Waals surface area contributed by atoms with Crippen LogP contribution >= 0.6 is 0 Å². The lowest BCUT2D eigenvalue weighted by molar-refractivity contribution is -0.0677. The lowest BCUT2D eigenvalue weighted by Gasteiger charge is -2.43. The van der Waals surface area contributed by atoms with Crippen molar-refractivity contribution in [3.05, 3.63) is 23.3 Å². The number of aliphatic hydroxyl groups excluding tert-OH is 1. The molecule has 0 atom stereocenters. The molecule has 106 valence electrons. The van der Waals surface area contributed by atoms with E-state index in [2.05, 4.69) is 6.92 Å². The van der Waals surface area contributed by atoms with E-state index in [1.165, 1.54) is 5.56 Å². The van der Waals surface area contributed by atoms with Gasteiger partial charge in [0.2, 0.25) is 0 Å². The SMILES string of the molecule is COc1cc(C)c(C2(CCCO)COC2)c(OC)c1. The number of aryl methyl sites for hydroxylation is 1. The van der Waals surface area contributed by atoms with E-state index in [-0.39, 0.29) is 12.0 Å². The molecule has 1 saturated heterocycles. The van der Waals surface area contributed by atoms with Crippen molar-refractivity contribution in [3.63, 3.8) is 0 Å². The molecule has 0 unspecified atom stereocenters. The Morgan fingerprint density at radius 2 is 2.00 bits per heavy atom. The second-order valence-corrected chi connectivity index (χ2v) is 5.12. The third kappa shape index (κ3) is 2.55. The Morgan fingerprint density at radius 3 is 2.47 bits per heavy atom. The molecule has 0 aromatic heterocycles. The molecule has 1 fully saturated rings. The molecule has 1 aromatic rings. The largest absolute Gasteiger partial charge is 0.497 e. The van der Waals surface area contributed by atoms with Gasteiger partial charge < -0.3 is 19.3 Å². The van der Waals surface area contributed by atoms with Crippen LogP contribution in [0.25, 0.3) is 0 Å². The van der Waals surface area contributed by atoms with Gasteiger partial charge in [0.25, 0.3) is 0 Å². The number of ether oxygens (including phenoxy) is 3. The average Bonchev–Trinajstić information content (AvgIpc) is 2.38. The van der Waals surface area contributed by atoms with Crippen molar-refractivity contribution in [2.75, 3.05) is 34.0 Å². The third-order valence-corrected chi connectivity index (χ3v) is 3.83. The van der Waals surface area contributed by atoms with E-state index in [0.717, 1.165) is 29.9 Å². The summed E-state index contributed by atoms with van der Waals surface area (Å²) < 4.78 is 16.3. The van der Waals surface area contributed by atoms with Crippen molar-refractivity contribution in [1.82, 2.24) is 0 Å². The molecule has 4 heteroatoms. The second kappa shape index (κ2) is 5.80. The first kappa shape index (κ1) is 14.2. The first-order valence-electron chi connectivity index (χ1n) is 6.58. The van der Waals surface area contributed by atoms with Crippen LogP contribution in [0.1, 0.15) is 24.0 Å². The molecular formula is C15H22O4. The maximum atomic E-state index is 9.08. The first-order chi connectivity index (χ1) is 9.16. The first-order valence-corrected chi connectivity index (χ1v) is 6.58. The van der Waals surface area contributed by atoms with Crippen molar-refractivity contribution in [2.24, 2.45) is 0 Å². The van der Waals surface area contributed by atoms with E-state index < -0.39 is 0 Å². The monoisotopic (exact) mass is 266 g/mol. The number of aliphatic hydroxyl groups is 1. The number of benzene rings is 1. The van der Waals surface area contributed by atoms with Crippen molar-refractivity contribution < 1.29 is 19.3 Å². The molecule has 1 aliphatic heterocycles. The fourth-order valence-electron chi connectivity index (χ4n) is 2.86. The van der Waals surface area contributed by atoms with E-state index in [1.807, 2.05) is 12.1 Å². The van der Waals surface area contributed by atoms with E-state index in [9.17, 15) is 0 Å². The zero-order valence-corrected chi connectivity index (χ0v) is 11.9. The fraction of sp³-hybridized carbons (Fsp3) is 0.600. The summed E-state index contributed by atoms with van der Waals surface area (Å²) in [6.45, 7) is 3.66. The Kier molecular flexibility index (Phi) is 4.32. The Hall–Kier alpha value is -1.26. The predicted octanol–water partition coefficient (Wildman–Crippen LogP) is 2.05. The molecule has 0 radical (unpaired) electrons. The maximum absolute atomic E-state index is 9.08. The fourth-order valence-corrected chi connectivity index (χ4v) is 2.86. The topological polar surface area (TPSA) is 47.9 Å². The zero-order chi connectivity index (χ0) is 13.9.